The molecule has 0 amide bonds. The largest absolute Gasteiger partial charge is 0.506 e. The van der Waals surface area contributed by atoms with Gasteiger partial charge in [0.15, 0.2) is 6.29 Å². The Morgan fingerprint density at radius 3 is 2.92 bits per heavy atom. The highest BCUT2D eigenvalue weighted by molar-refractivity contribution is 9.10. The second kappa shape index (κ2) is 3.12. The maximum atomic E-state index is 10.8. The van der Waals surface area contributed by atoms with Crippen molar-refractivity contribution in [2.75, 3.05) is 0 Å². The number of benzene rings is 1. The zero-order chi connectivity index (χ0) is 9.42. The Balaban J connectivity index is 2.96. The number of halogens is 1. The Morgan fingerprint density at radius 2 is 2.23 bits per heavy atom. The van der Waals surface area contributed by atoms with Crippen molar-refractivity contribution in [2.45, 2.75) is 0 Å². The average molecular weight is 257 g/mol. The molecule has 0 spiro atoms. The Kier molecular flexibility index (Phi) is 2.09. The van der Waals surface area contributed by atoms with E-state index in [1.54, 1.807) is 5.38 Å². The van der Waals surface area contributed by atoms with Crippen molar-refractivity contribution in [1.29, 1.82) is 0 Å². The van der Waals surface area contributed by atoms with Crippen molar-refractivity contribution < 1.29 is 9.90 Å². The molecular weight excluding hydrogens is 252 g/mol. The summed E-state index contributed by atoms with van der Waals surface area (Å²) < 4.78 is 1.63. The Bertz CT molecular complexity index is 476. The molecule has 0 aliphatic heterocycles. The van der Waals surface area contributed by atoms with Gasteiger partial charge >= 0.3 is 0 Å². The number of thiophene rings is 1. The molecule has 0 unspecified atom stereocenters. The minimum absolute atomic E-state index is 0.170. The molecular formula is C9H5BrO2S. The Hall–Kier alpha value is -0.870. The summed E-state index contributed by atoms with van der Waals surface area (Å²) in [6.45, 7) is 0. The van der Waals surface area contributed by atoms with Crippen LogP contribution in [-0.4, -0.2) is 11.4 Å². The van der Waals surface area contributed by atoms with Gasteiger partial charge in [0.1, 0.15) is 5.75 Å². The summed E-state index contributed by atoms with van der Waals surface area (Å²) in [4.78, 5) is 10.8. The molecule has 1 N–H and O–H groups in total. The summed E-state index contributed by atoms with van der Waals surface area (Å²) in [6, 6.07) is 3.68. The lowest BCUT2D eigenvalue weighted by Gasteiger charge is -1.98. The highest BCUT2D eigenvalue weighted by atomic mass is 79.9. The van der Waals surface area contributed by atoms with Gasteiger partial charge in [-0.1, -0.05) is 15.9 Å². The lowest BCUT2D eigenvalue weighted by Crippen LogP contribution is -1.82. The molecule has 2 nitrogen and oxygen atoms in total. The second-order valence-electron chi connectivity index (χ2n) is 2.57. The summed E-state index contributed by atoms with van der Waals surface area (Å²) in [5, 5.41) is 11.7. The molecule has 1 heterocycles. The van der Waals surface area contributed by atoms with E-state index in [4.69, 9.17) is 0 Å². The van der Waals surface area contributed by atoms with Crippen LogP contribution in [0.25, 0.3) is 10.1 Å². The molecule has 0 bridgehead atoms. The maximum Gasteiger partial charge on any atom is 0.151 e. The number of rotatable bonds is 1. The van der Waals surface area contributed by atoms with Crippen molar-refractivity contribution in [3.8, 4) is 5.75 Å². The van der Waals surface area contributed by atoms with Gasteiger partial charge in [-0.3, -0.25) is 4.79 Å². The molecule has 0 fully saturated rings. The zero-order valence-electron chi connectivity index (χ0n) is 6.45. The first-order valence-corrected chi connectivity index (χ1v) is 5.25. The van der Waals surface area contributed by atoms with Crippen molar-refractivity contribution in [3.63, 3.8) is 0 Å². The van der Waals surface area contributed by atoms with E-state index in [2.05, 4.69) is 15.9 Å². The molecule has 66 valence electrons. The van der Waals surface area contributed by atoms with E-state index in [1.807, 2.05) is 12.1 Å². The third-order valence-corrected chi connectivity index (χ3v) is 3.45. The summed E-state index contributed by atoms with van der Waals surface area (Å²) in [5.41, 5.74) is 0.510. The second-order valence-corrected chi connectivity index (χ2v) is 4.34. The summed E-state index contributed by atoms with van der Waals surface area (Å²) in [5.74, 6) is 0.170. The number of aromatic hydroxyl groups is 1. The van der Waals surface area contributed by atoms with E-state index in [1.165, 1.54) is 11.3 Å². The van der Waals surface area contributed by atoms with E-state index in [-0.39, 0.29) is 5.75 Å². The molecule has 0 saturated carbocycles. The van der Waals surface area contributed by atoms with E-state index < -0.39 is 0 Å². The van der Waals surface area contributed by atoms with Gasteiger partial charge in [-0.15, -0.1) is 11.3 Å². The topological polar surface area (TPSA) is 37.3 Å². The van der Waals surface area contributed by atoms with Crippen LogP contribution >= 0.6 is 27.3 Å². The Labute approximate surface area is 86.9 Å². The SMILES string of the molecule is O=Cc1c(Br)ccc2scc(O)c12. The van der Waals surface area contributed by atoms with Crippen LogP contribution in [0.1, 0.15) is 10.4 Å². The van der Waals surface area contributed by atoms with Crippen molar-refractivity contribution in [2.24, 2.45) is 0 Å². The molecule has 0 aliphatic carbocycles. The zero-order valence-corrected chi connectivity index (χ0v) is 8.85. The number of hydrogen-bond acceptors (Lipinski definition) is 3. The quantitative estimate of drug-likeness (QED) is 0.796. The first kappa shape index (κ1) is 8.72. The predicted molar refractivity (Wildman–Crippen MR) is 56.6 cm³/mol. The highest BCUT2D eigenvalue weighted by Crippen LogP contribution is 2.36. The first-order valence-electron chi connectivity index (χ1n) is 3.58. The fraction of sp³-hybridized carbons (Fsp3) is 0. The van der Waals surface area contributed by atoms with Crippen LogP contribution in [0, 0.1) is 0 Å². The van der Waals surface area contributed by atoms with Crippen LogP contribution < -0.4 is 0 Å². The van der Waals surface area contributed by atoms with Gasteiger partial charge in [-0.25, -0.2) is 0 Å². The van der Waals surface area contributed by atoms with Crippen LogP contribution in [0.3, 0.4) is 0 Å². The molecule has 0 aliphatic rings. The van der Waals surface area contributed by atoms with E-state index in [0.717, 1.165) is 11.0 Å². The molecule has 0 atom stereocenters. The fourth-order valence-corrected chi connectivity index (χ4v) is 2.49. The molecule has 0 saturated heterocycles. The van der Waals surface area contributed by atoms with Crippen LogP contribution in [0.5, 0.6) is 5.75 Å². The van der Waals surface area contributed by atoms with E-state index >= 15 is 0 Å². The number of carbonyl (C=O) groups excluding carboxylic acids is 1. The normalized spacial score (nSPS) is 10.5. The van der Waals surface area contributed by atoms with Crippen LogP contribution in [0.2, 0.25) is 0 Å². The number of hydrogen-bond donors (Lipinski definition) is 1. The molecule has 1 aromatic heterocycles. The molecule has 1 aromatic carbocycles. The highest BCUT2D eigenvalue weighted by Gasteiger charge is 2.10. The summed E-state index contributed by atoms with van der Waals surface area (Å²) >= 11 is 4.68. The standard InChI is InChI=1S/C9H5BrO2S/c10-6-1-2-8-9(5(6)3-11)7(12)4-13-8/h1-4,12H. The van der Waals surface area contributed by atoms with Crippen molar-refractivity contribution in [1.82, 2.24) is 0 Å². The van der Waals surface area contributed by atoms with Crippen molar-refractivity contribution >= 4 is 43.6 Å². The third-order valence-electron chi connectivity index (χ3n) is 1.83. The molecule has 13 heavy (non-hydrogen) atoms. The van der Waals surface area contributed by atoms with Gasteiger partial charge in [0, 0.05) is 25.5 Å². The van der Waals surface area contributed by atoms with Gasteiger partial charge in [-0.2, -0.15) is 0 Å². The minimum Gasteiger partial charge on any atom is -0.506 e. The van der Waals surface area contributed by atoms with Gasteiger partial charge < -0.3 is 5.11 Å². The lowest BCUT2D eigenvalue weighted by molar-refractivity contribution is 0.112. The van der Waals surface area contributed by atoms with E-state index in [9.17, 15) is 9.90 Å². The van der Waals surface area contributed by atoms with Crippen LogP contribution in [0.15, 0.2) is 22.0 Å². The summed E-state index contributed by atoms with van der Waals surface area (Å²) in [6.07, 6.45) is 0.749. The number of aldehydes is 1. The smallest absolute Gasteiger partial charge is 0.151 e. The molecule has 2 rings (SSSR count). The number of carbonyl (C=O) groups is 1. The van der Waals surface area contributed by atoms with Crippen LogP contribution in [-0.2, 0) is 0 Å². The average Bonchev–Trinajstić information content (AvgIpc) is 2.49. The predicted octanol–water partition coefficient (Wildman–Crippen LogP) is 3.18. The number of fused-ring (bicyclic) bond motifs is 1. The summed E-state index contributed by atoms with van der Waals surface area (Å²) in [7, 11) is 0. The minimum atomic E-state index is 0.170. The molecule has 2 aromatic rings. The fourth-order valence-electron chi connectivity index (χ4n) is 1.23. The molecule has 4 heteroatoms. The molecule has 0 radical (unpaired) electrons. The van der Waals surface area contributed by atoms with Gasteiger partial charge in [0.25, 0.3) is 0 Å². The monoisotopic (exact) mass is 256 g/mol. The van der Waals surface area contributed by atoms with Gasteiger partial charge in [0.05, 0.1) is 0 Å². The third kappa shape index (κ3) is 1.26. The van der Waals surface area contributed by atoms with Gasteiger partial charge in [0.2, 0.25) is 0 Å². The maximum absolute atomic E-state index is 10.8. The van der Waals surface area contributed by atoms with Gasteiger partial charge in [-0.05, 0) is 12.1 Å². The van der Waals surface area contributed by atoms with E-state index in [0.29, 0.717) is 15.4 Å². The first-order chi connectivity index (χ1) is 6.24. The van der Waals surface area contributed by atoms with Crippen LogP contribution in [0.4, 0.5) is 0 Å². The Morgan fingerprint density at radius 1 is 1.46 bits per heavy atom. The van der Waals surface area contributed by atoms with Crippen molar-refractivity contribution in [3.05, 3.63) is 27.5 Å². The lowest BCUT2D eigenvalue weighted by atomic mass is 10.1.